The fourth-order valence-corrected chi connectivity index (χ4v) is 3.56. The van der Waals surface area contributed by atoms with Crippen LogP contribution in [0.3, 0.4) is 0 Å². The quantitative estimate of drug-likeness (QED) is 0.782. The van der Waals surface area contributed by atoms with Crippen molar-refractivity contribution in [2.45, 2.75) is 31.1 Å². The SMILES string of the molecule is CC1CCCN(C(=O)c2cc(F)ccc2S(=O)(=O)Cl)CC1. The number of nitrogens with zero attached hydrogens (tertiary/aromatic N) is 1. The van der Waals surface area contributed by atoms with Crippen LogP contribution in [0, 0.1) is 11.7 Å². The van der Waals surface area contributed by atoms with Gasteiger partial charge in [0.2, 0.25) is 0 Å². The largest absolute Gasteiger partial charge is 0.339 e. The van der Waals surface area contributed by atoms with Crippen molar-refractivity contribution in [1.29, 1.82) is 0 Å². The van der Waals surface area contributed by atoms with Crippen molar-refractivity contribution in [3.05, 3.63) is 29.6 Å². The highest BCUT2D eigenvalue weighted by Gasteiger charge is 2.26. The zero-order valence-electron chi connectivity index (χ0n) is 11.7. The van der Waals surface area contributed by atoms with E-state index in [1.165, 1.54) is 0 Å². The van der Waals surface area contributed by atoms with Gasteiger partial charge in [-0.2, -0.15) is 0 Å². The second kappa shape index (κ2) is 6.32. The van der Waals surface area contributed by atoms with Crippen LogP contribution in [0.15, 0.2) is 23.1 Å². The van der Waals surface area contributed by atoms with E-state index < -0.39 is 20.8 Å². The van der Waals surface area contributed by atoms with E-state index in [2.05, 4.69) is 6.92 Å². The molecule has 1 aliphatic heterocycles. The minimum Gasteiger partial charge on any atom is -0.339 e. The van der Waals surface area contributed by atoms with Gasteiger partial charge in [0, 0.05) is 23.8 Å². The first-order valence-electron chi connectivity index (χ1n) is 6.82. The third-order valence-electron chi connectivity index (χ3n) is 3.74. The maximum atomic E-state index is 13.4. The van der Waals surface area contributed by atoms with Crippen molar-refractivity contribution in [1.82, 2.24) is 4.90 Å². The summed E-state index contributed by atoms with van der Waals surface area (Å²) in [6.07, 6.45) is 2.72. The zero-order valence-corrected chi connectivity index (χ0v) is 13.3. The van der Waals surface area contributed by atoms with Crippen molar-refractivity contribution in [3.8, 4) is 0 Å². The number of benzene rings is 1. The Bertz CT molecular complexity index is 648. The van der Waals surface area contributed by atoms with E-state index in [-0.39, 0.29) is 10.5 Å². The lowest BCUT2D eigenvalue weighted by molar-refractivity contribution is 0.0756. The summed E-state index contributed by atoms with van der Waals surface area (Å²) in [6.45, 7) is 3.20. The highest BCUT2D eigenvalue weighted by molar-refractivity contribution is 8.13. The molecule has 21 heavy (non-hydrogen) atoms. The monoisotopic (exact) mass is 333 g/mol. The lowest BCUT2D eigenvalue weighted by Gasteiger charge is -2.21. The van der Waals surface area contributed by atoms with Gasteiger partial charge in [-0.3, -0.25) is 4.79 Å². The Morgan fingerprint density at radius 1 is 1.33 bits per heavy atom. The van der Waals surface area contributed by atoms with Crippen LogP contribution in [0.5, 0.6) is 0 Å². The summed E-state index contributed by atoms with van der Waals surface area (Å²) in [6, 6.07) is 2.95. The average Bonchev–Trinajstić information content (AvgIpc) is 2.61. The van der Waals surface area contributed by atoms with Gasteiger partial charge >= 0.3 is 0 Å². The minimum atomic E-state index is -4.10. The Balaban J connectivity index is 2.36. The van der Waals surface area contributed by atoms with Gasteiger partial charge in [-0.15, -0.1) is 0 Å². The van der Waals surface area contributed by atoms with E-state index in [4.69, 9.17) is 10.7 Å². The molecule has 1 heterocycles. The molecule has 116 valence electrons. The number of carbonyl (C=O) groups is 1. The number of rotatable bonds is 2. The predicted octanol–water partition coefficient (Wildman–Crippen LogP) is 3.02. The average molecular weight is 334 g/mol. The lowest BCUT2D eigenvalue weighted by Crippen LogP contribution is -2.32. The molecule has 0 bridgehead atoms. The fraction of sp³-hybridized carbons (Fsp3) is 0.500. The highest BCUT2D eigenvalue weighted by Crippen LogP contribution is 2.24. The molecule has 1 saturated heterocycles. The number of carbonyl (C=O) groups excluding carboxylic acids is 1. The van der Waals surface area contributed by atoms with Crippen molar-refractivity contribution in [2.24, 2.45) is 5.92 Å². The highest BCUT2D eigenvalue weighted by atomic mass is 35.7. The standard InChI is InChI=1S/C14H17ClFNO3S/c1-10-3-2-7-17(8-6-10)14(18)12-9-11(16)4-5-13(12)21(15,19)20/h4-5,9-10H,2-3,6-8H2,1H3. The van der Waals surface area contributed by atoms with Gasteiger partial charge in [-0.25, -0.2) is 12.8 Å². The Morgan fingerprint density at radius 3 is 2.71 bits per heavy atom. The van der Waals surface area contributed by atoms with Gasteiger partial charge in [0.05, 0.1) is 10.5 Å². The second-order valence-corrected chi connectivity index (χ2v) is 7.94. The van der Waals surface area contributed by atoms with E-state index in [0.29, 0.717) is 19.0 Å². The number of halogens is 2. The third kappa shape index (κ3) is 3.95. The van der Waals surface area contributed by atoms with Crippen LogP contribution in [-0.4, -0.2) is 32.3 Å². The van der Waals surface area contributed by atoms with Gasteiger partial charge in [0.25, 0.3) is 15.0 Å². The number of hydrogen-bond donors (Lipinski definition) is 0. The molecule has 1 atom stereocenters. The summed E-state index contributed by atoms with van der Waals surface area (Å²) in [5.41, 5.74) is -0.195. The zero-order chi connectivity index (χ0) is 15.6. The topological polar surface area (TPSA) is 54.5 Å². The van der Waals surface area contributed by atoms with Gasteiger partial charge in [-0.1, -0.05) is 6.92 Å². The molecule has 1 aliphatic rings. The Labute approximate surface area is 128 Å². The molecule has 0 aliphatic carbocycles. The summed E-state index contributed by atoms with van der Waals surface area (Å²) < 4.78 is 36.5. The first-order chi connectivity index (χ1) is 9.79. The lowest BCUT2D eigenvalue weighted by atomic mass is 10.0. The van der Waals surface area contributed by atoms with Crippen LogP contribution in [0.2, 0.25) is 0 Å². The first-order valence-corrected chi connectivity index (χ1v) is 9.13. The van der Waals surface area contributed by atoms with Crippen LogP contribution in [0.1, 0.15) is 36.5 Å². The molecular formula is C14H17ClFNO3S. The van der Waals surface area contributed by atoms with Gasteiger partial charge < -0.3 is 4.90 Å². The van der Waals surface area contributed by atoms with Crippen molar-refractivity contribution in [3.63, 3.8) is 0 Å². The van der Waals surface area contributed by atoms with Crippen LogP contribution in [0.4, 0.5) is 4.39 Å². The molecule has 1 aromatic carbocycles. The molecule has 1 fully saturated rings. The molecule has 1 amide bonds. The fourth-order valence-electron chi connectivity index (χ4n) is 2.52. The number of amides is 1. The van der Waals surface area contributed by atoms with Crippen molar-refractivity contribution < 1.29 is 17.6 Å². The molecular weight excluding hydrogens is 317 g/mol. The number of likely N-dealkylation sites (tertiary alicyclic amines) is 1. The summed E-state index contributed by atoms with van der Waals surface area (Å²) in [5.74, 6) is -0.625. The summed E-state index contributed by atoms with van der Waals surface area (Å²) in [7, 11) is 1.24. The second-order valence-electron chi connectivity index (χ2n) is 5.41. The Hall–Kier alpha value is -1.14. The van der Waals surface area contributed by atoms with Gasteiger partial charge in [0.15, 0.2) is 0 Å². The van der Waals surface area contributed by atoms with Crippen LogP contribution in [-0.2, 0) is 9.05 Å². The molecule has 0 spiro atoms. The van der Waals surface area contributed by atoms with E-state index in [0.717, 1.165) is 37.5 Å². The molecule has 4 nitrogen and oxygen atoms in total. The first kappa shape index (κ1) is 16.2. The third-order valence-corrected chi connectivity index (χ3v) is 5.12. The van der Waals surface area contributed by atoms with Crippen LogP contribution < -0.4 is 0 Å². The van der Waals surface area contributed by atoms with Crippen LogP contribution in [0.25, 0.3) is 0 Å². The van der Waals surface area contributed by atoms with Gasteiger partial charge in [0.1, 0.15) is 5.82 Å². The van der Waals surface area contributed by atoms with Crippen molar-refractivity contribution in [2.75, 3.05) is 13.1 Å². The smallest absolute Gasteiger partial charge is 0.262 e. The van der Waals surface area contributed by atoms with E-state index in [9.17, 15) is 17.6 Å². The Morgan fingerprint density at radius 2 is 2.05 bits per heavy atom. The molecule has 1 unspecified atom stereocenters. The van der Waals surface area contributed by atoms with Gasteiger partial charge in [-0.05, 0) is 43.4 Å². The minimum absolute atomic E-state index is 0.195. The van der Waals surface area contributed by atoms with E-state index >= 15 is 0 Å². The van der Waals surface area contributed by atoms with Crippen LogP contribution >= 0.6 is 10.7 Å². The maximum Gasteiger partial charge on any atom is 0.262 e. The summed E-state index contributed by atoms with van der Waals surface area (Å²) >= 11 is 0. The molecule has 0 aromatic heterocycles. The molecule has 0 N–H and O–H groups in total. The van der Waals surface area contributed by atoms with E-state index in [1.54, 1.807) is 4.90 Å². The normalized spacial score (nSPS) is 20.1. The summed E-state index contributed by atoms with van der Waals surface area (Å²) in [5, 5.41) is 0. The maximum absolute atomic E-state index is 13.4. The molecule has 0 radical (unpaired) electrons. The Kier molecular flexibility index (Phi) is 4.88. The summed E-state index contributed by atoms with van der Waals surface area (Å²) in [4.78, 5) is 13.7. The number of hydrogen-bond acceptors (Lipinski definition) is 3. The van der Waals surface area contributed by atoms with E-state index in [1.807, 2.05) is 0 Å². The van der Waals surface area contributed by atoms with Crippen molar-refractivity contribution >= 4 is 25.6 Å². The molecule has 2 rings (SSSR count). The predicted molar refractivity (Wildman–Crippen MR) is 78.4 cm³/mol. The molecule has 0 saturated carbocycles. The molecule has 1 aromatic rings. The molecule has 7 heteroatoms.